The van der Waals surface area contributed by atoms with Gasteiger partial charge in [-0.3, -0.25) is 13.8 Å². The number of nitrogens with zero attached hydrogens (tertiary/aromatic N) is 5. The number of alkyl halides is 2. The van der Waals surface area contributed by atoms with E-state index in [4.69, 9.17) is 0 Å². The van der Waals surface area contributed by atoms with Gasteiger partial charge in [0.25, 0.3) is 6.43 Å². The summed E-state index contributed by atoms with van der Waals surface area (Å²) < 4.78 is 33.1. The monoisotopic (exact) mass is 437 g/mol. The highest BCUT2D eigenvalue weighted by Gasteiger charge is 2.26. The van der Waals surface area contributed by atoms with E-state index >= 15 is 0 Å². The number of imidazole rings is 1. The molecule has 32 heavy (non-hydrogen) atoms. The molecule has 6 nitrogen and oxygen atoms in total. The number of anilines is 2. The van der Waals surface area contributed by atoms with Crippen LogP contribution in [0.25, 0.3) is 22.2 Å². The summed E-state index contributed by atoms with van der Waals surface area (Å²) in [5.41, 5.74) is 6.63. The lowest BCUT2D eigenvalue weighted by molar-refractivity contribution is 0.152. The number of aromatic nitrogens is 4. The number of hydrogen-bond donors (Lipinski definition) is 0. The molecule has 0 N–H and O–H groups in total. The van der Waals surface area contributed by atoms with Crippen LogP contribution in [0.4, 0.5) is 20.2 Å². The fourth-order valence-corrected chi connectivity index (χ4v) is 4.98. The topological polar surface area (TPSA) is 48.0 Å². The Morgan fingerprint density at radius 1 is 1.06 bits per heavy atom. The van der Waals surface area contributed by atoms with Crippen LogP contribution in [0.2, 0.25) is 0 Å². The molecule has 0 spiro atoms. The maximum Gasteiger partial charge on any atom is 0.328 e. The summed E-state index contributed by atoms with van der Waals surface area (Å²) in [6.45, 7) is 2.72. The van der Waals surface area contributed by atoms with E-state index in [1.807, 2.05) is 25.1 Å². The summed E-state index contributed by atoms with van der Waals surface area (Å²) in [5, 5.41) is 4.16. The van der Waals surface area contributed by atoms with Gasteiger partial charge in [-0.15, -0.1) is 0 Å². The predicted octanol–water partition coefficient (Wildman–Crippen LogP) is 4.61. The Morgan fingerprint density at radius 2 is 1.84 bits per heavy atom. The molecular weight excluding hydrogens is 412 g/mol. The summed E-state index contributed by atoms with van der Waals surface area (Å²) in [5.74, 6) is 0. The molecule has 166 valence electrons. The fraction of sp³-hybridized carbons (Fsp3) is 0.333. The van der Waals surface area contributed by atoms with Gasteiger partial charge in [0, 0.05) is 56.4 Å². The first-order chi connectivity index (χ1) is 15.3. The van der Waals surface area contributed by atoms with Crippen LogP contribution in [0.1, 0.15) is 29.5 Å². The van der Waals surface area contributed by atoms with Crippen LogP contribution in [-0.2, 0) is 27.6 Å². The number of hydrogen-bond acceptors (Lipinski definition) is 3. The lowest BCUT2D eigenvalue weighted by Gasteiger charge is -2.33. The van der Waals surface area contributed by atoms with E-state index in [0.29, 0.717) is 11.1 Å². The third-order valence-electron chi connectivity index (χ3n) is 6.56. The number of halogens is 2. The van der Waals surface area contributed by atoms with Crippen LogP contribution in [0, 0.1) is 6.92 Å². The Kier molecular flexibility index (Phi) is 4.69. The minimum absolute atomic E-state index is 0.00879. The summed E-state index contributed by atoms with van der Waals surface area (Å²) in [6, 6.07) is 7.45. The SMILES string of the molecule is Cc1c(N2CCCc3cc(-c4cnn(C)c4)c(C(F)F)cc32)ccc2c1n(C)c(=O)n2C. The van der Waals surface area contributed by atoms with Gasteiger partial charge in [0.1, 0.15) is 0 Å². The van der Waals surface area contributed by atoms with Crippen molar-refractivity contribution in [1.29, 1.82) is 0 Å². The van der Waals surface area contributed by atoms with Crippen LogP contribution in [0.5, 0.6) is 0 Å². The third kappa shape index (κ3) is 2.97. The molecule has 1 aliphatic rings. The molecule has 5 rings (SSSR count). The highest BCUT2D eigenvalue weighted by atomic mass is 19.3. The van der Waals surface area contributed by atoms with E-state index < -0.39 is 6.43 Å². The van der Waals surface area contributed by atoms with Gasteiger partial charge in [0.15, 0.2) is 0 Å². The second-order valence-electron chi connectivity index (χ2n) is 8.50. The Bertz CT molecular complexity index is 1410. The third-order valence-corrected chi connectivity index (χ3v) is 6.56. The van der Waals surface area contributed by atoms with Crippen molar-refractivity contribution in [3.05, 3.63) is 63.8 Å². The molecule has 4 aromatic rings. The first kappa shape index (κ1) is 20.5. The molecule has 0 saturated carbocycles. The number of aryl methyl sites for hydroxylation is 5. The molecule has 3 heterocycles. The molecule has 0 unspecified atom stereocenters. The van der Waals surface area contributed by atoms with Gasteiger partial charge in [-0.25, -0.2) is 13.6 Å². The van der Waals surface area contributed by atoms with Gasteiger partial charge in [0.05, 0.1) is 17.2 Å². The number of rotatable bonds is 3. The van der Waals surface area contributed by atoms with Crippen LogP contribution in [0.15, 0.2) is 41.5 Å². The van der Waals surface area contributed by atoms with E-state index in [0.717, 1.165) is 52.9 Å². The highest BCUT2D eigenvalue weighted by molar-refractivity contribution is 5.88. The van der Waals surface area contributed by atoms with Crippen molar-refractivity contribution in [1.82, 2.24) is 18.9 Å². The minimum Gasteiger partial charge on any atom is -0.341 e. The predicted molar refractivity (Wildman–Crippen MR) is 122 cm³/mol. The zero-order chi connectivity index (χ0) is 22.7. The van der Waals surface area contributed by atoms with Gasteiger partial charge in [-0.05, 0) is 60.7 Å². The van der Waals surface area contributed by atoms with E-state index in [1.165, 1.54) is 0 Å². The minimum atomic E-state index is -2.60. The van der Waals surface area contributed by atoms with Gasteiger partial charge in [0.2, 0.25) is 0 Å². The molecule has 8 heteroatoms. The second-order valence-corrected chi connectivity index (χ2v) is 8.50. The largest absolute Gasteiger partial charge is 0.341 e. The van der Waals surface area contributed by atoms with Crippen LogP contribution in [-0.4, -0.2) is 25.5 Å². The average molecular weight is 437 g/mol. The van der Waals surface area contributed by atoms with Crippen LogP contribution >= 0.6 is 0 Å². The average Bonchev–Trinajstić information content (AvgIpc) is 3.30. The maximum atomic E-state index is 14.1. The first-order valence-electron chi connectivity index (χ1n) is 10.6. The lowest BCUT2D eigenvalue weighted by atomic mass is 9.92. The van der Waals surface area contributed by atoms with E-state index in [1.54, 1.807) is 53.4 Å². The van der Waals surface area contributed by atoms with Crippen molar-refractivity contribution in [3.63, 3.8) is 0 Å². The van der Waals surface area contributed by atoms with Crippen LogP contribution in [0.3, 0.4) is 0 Å². The van der Waals surface area contributed by atoms with Crippen molar-refractivity contribution in [2.45, 2.75) is 26.2 Å². The maximum absolute atomic E-state index is 14.1. The van der Waals surface area contributed by atoms with Crippen molar-refractivity contribution >= 4 is 22.4 Å². The number of benzene rings is 2. The summed E-state index contributed by atoms with van der Waals surface area (Å²) in [4.78, 5) is 14.6. The van der Waals surface area contributed by atoms with Gasteiger partial charge >= 0.3 is 5.69 Å². The van der Waals surface area contributed by atoms with Gasteiger partial charge in [-0.1, -0.05) is 0 Å². The molecule has 0 aliphatic carbocycles. The summed E-state index contributed by atoms with van der Waals surface area (Å²) in [6.07, 6.45) is 2.54. The molecule has 0 fully saturated rings. The second kappa shape index (κ2) is 7.32. The van der Waals surface area contributed by atoms with Gasteiger partial charge in [-0.2, -0.15) is 5.10 Å². The smallest absolute Gasteiger partial charge is 0.328 e. The van der Waals surface area contributed by atoms with Crippen molar-refractivity contribution in [3.8, 4) is 11.1 Å². The molecule has 0 atom stereocenters. The number of fused-ring (bicyclic) bond motifs is 2. The summed E-state index contributed by atoms with van der Waals surface area (Å²) in [7, 11) is 5.30. The Labute approximate surface area is 184 Å². The molecule has 0 saturated heterocycles. The zero-order valence-corrected chi connectivity index (χ0v) is 18.6. The zero-order valence-electron chi connectivity index (χ0n) is 18.6. The lowest BCUT2D eigenvalue weighted by Crippen LogP contribution is -2.25. The van der Waals surface area contributed by atoms with Gasteiger partial charge < -0.3 is 4.90 Å². The van der Waals surface area contributed by atoms with E-state index in [-0.39, 0.29) is 11.3 Å². The van der Waals surface area contributed by atoms with Crippen molar-refractivity contribution in [2.75, 3.05) is 11.4 Å². The molecule has 0 amide bonds. The fourth-order valence-electron chi connectivity index (χ4n) is 4.98. The van der Waals surface area contributed by atoms with Crippen molar-refractivity contribution < 1.29 is 8.78 Å². The van der Waals surface area contributed by atoms with E-state index in [2.05, 4.69) is 10.00 Å². The Hall–Kier alpha value is -3.42. The molecule has 1 aliphatic heterocycles. The summed E-state index contributed by atoms with van der Waals surface area (Å²) >= 11 is 0. The molecular formula is C24H25F2N5O. The van der Waals surface area contributed by atoms with Crippen LogP contribution < -0.4 is 10.6 Å². The van der Waals surface area contributed by atoms with Crippen molar-refractivity contribution in [2.24, 2.45) is 21.1 Å². The standard InChI is InChI=1S/C24H25F2N5O/c1-14-19(7-8-20-22(14)30(4)24(32)29(20)3)31-9-5-6-15-10-17(16-12-27-28(2)13-16)18(23(25)26)11-21(15)31/h7-8,10-13,23H,5-6,9H2,1-4H3. The molecule has 0 radical (unpaired) electrons. The molecule has 0 bridgehead atoms. The first-order valence-corrected chi connectivity index (χ1v) is 10.6. The highest BCUT2D eigenvalue weighted by Crippen LogP contribution is 2.42. The Morgan fingerprint density at radius 3 is 2.53 bits per heavy atom. The molecule has 2 aromatic heterocycles. The normalized spacial score (nSPS) is 13.9. The molecule has 2 aromatic carbocycles. The Balaban J connectivity index is 1.70. The van der Waals surface area contributed by atoms with E-state index in [9.17, 15) is 13.6 Å². The quantitative estimate of drug-likeness (QED) is 0.470.